The van der Waals surface area contributed by atoms with Crippen LogP contribution in [0.4, 0.5) is 4.79 Å². The predicted octanol–water partition coefficient (Wildman–Crippen LogP) is 2.98. The van der Waals surface area contributed by atoms with E-state index in [-0.39, 0.29) is 19.1 Å². The van der Waals surface area contributed by atoms with Crippen molar-refractivity contribution < 1.29 is 19.4 Å². The van der Waals surface area contributed by atoms with Gasteiger partial charge in [-0.05, 0) is 48.2 Å². The number of fused-ring (bicyclic) bond motifs is 3. The molecule has 1 aliphatic carbocycles. The molecule has 1 heterocycles. The molecule has 1 saturated heterocycles. The summed E-state index contributed by atoms with van der Waals surface area (Å²) < 4.78 is 5.50. The number of aliphatic carboxylic acids is 1. The molecule has 6 nitrogen and oxygen atoms in total. The molecule has 0 bridgehead atoms. The van der Waals surface area contributed by atoms with Crippen molar-refractivity contribution in [3.63, 3.8) is 0 Å². The molecule has 0 unspecified atom stereocenters. The highest BCUT2D eigenvalue weighted by atomic mass is 16.5. The lowest BCUT2D eigenvalue weighted by Gasteiger charge is -2.33. The van der Waals surface area contributed by atoms with E-state index in [2.05, 4.69) is 34.9 Å². The van der Waals surface area contributed by atoms with E-state index < -0.39 is 17.5 Å². The fourth-order valence-corrected chi connectivity index (χ4v) is 4.26. The van der Waals surface area contributed by atoms with E-state index >= 15 is 0 Å². The average Bonchev–Trinajstić information content (AvgIpc) is 3.05. The van der Waals surface area contributed by atoms with Crippen molar-refractivity contribution in [2.45, 2.75) is 18.8 Å². The van der Waals surface area contributed by atoms with Gasteiger partial charge < -0.3 is 20.5 Å². The third-order valence-corrected chi connectivity index (χ3v) is 5.93. The number of carbonyl (C=O) groups is 2. The Hall–Kier alpha value is -2.86. The van der Waals surface area contributed by atoms with Crippen molar-refractivity contribution in [2.75, 3.05) is 26.2 Å². The number of amides is 1. The number of piperidine rings is 1. The lowest BCUT2D eigenvalue weighted by molar-refractivity contribution is -0.150. The van der Waals surface area contributed by atoms with Gasteiger partial charge in [0.25, 0.3) is 0 Å². The summed E-state index contributed by atoms with van der Waals surface area (Å²) >= 11 is 0. The van der Waals surface area contributed by atoms with Gasteiger partial charge in [-0.25, -0.2) is 4.79 Å². The van der Waals surface area contributed by atoms with Crippen LogP contribution in [-0.2, 0) is 9.53 Å². The topological polar surface area (TPSA) is 87.7 Å². The van der Waals surface area contributed by atoms with Crippen LogP contribution in [-0.4, -0.2) is 43.4 Å². The molecule has 3 N–H and O–H groups in total. The number of benzene rings is 2. The molecule has 0 aromatic heterocycles. The minimum atomic E-state index is -0.920. The van der Waals surface area contributed by atoms with E-state index in [1.165, 1.54) is 11.1 Å². The minimum Gasteiger partial charge on any atom is -0.481 e. The monoisotopic (exact) mass is 380 g/mol. The molecule has 0 radical (unpaired) electrons. The third-order valence-electron chi connectivity index (χ3n) is 5.93. The molecule has 6 heteroatoms. The molecule has 28 heavy (non-hydrogen) atoms. The molecule has 1 aliphatic heterocycles. The highest BCUT2D eigenvalue weighted by Gasteiger charge is 2.40. The molecule has 2 aliphatic rings. The zero-order valence-corrected chi connectivity index (χ0v) is 15.6. The largest absolute Gasteiger partial charge is 0.481 e. The second kappa shape index (κ2) is 7.64. The number of carbonyl (C=O) groups excluding carboxylic acids is 1. The summed E-state index contributed by atoms with van der Waals surface area (Å²) in [6.45, 7) is 1.58. The molecule has 0 spiro atoms. The first-order chi connectivity index (χ1) is 13.6. The van der Waals surface area contributed by atoms with Gasteiger partial charge in [0.1, 0.15) is 6.61 Å². The zero-order valence-electron chi connectivity index (χ0n) is 15.6. The molecule has 0 saturated carbocycles. The van der Waals surface area contributed by atoms with E-state index in [9.17, 15) is 14.7 Å². The van der Waals surface area contributed by atoms with Crippen molar-refractivity contribution in [3.8, 4) is 11.1 Å². The first-order valence-electron chi connectivity index (χ1n) is 9.64. The van der Waals surface area contributed by atoms with Crippen molar-refractivity contribution >= 4 is 12.1 Å². The van der Waals surface area contributed by atoms with Gasteiger partial charge in [-0.3, -0.25) is 4.79 Å². The molecular formula is C22H24N2O4. The fraction of sp³-hybridized carbons (Fsp3) is 0.364. The predicted molar refractivity (Wildman–Crippen MR) is 105 cm³/mol. The number of ether oxygens (including phenoxy) is 1. The SMILES string of the molecule is O=C(NCC1(C(=O)O)CCNCC1)OCC1c2ccccc2-c2ccccc21. The van der Waals surface area contributed by atoms with Crippen molar-refractivity contribution in [1.29, 1.82) is 0 Å². The van der Waals surface area contributed by atoms with Crippen LogP contribution in [0.2, 0.25) is 0 Å². The van der Waals surface area contributed by atoms with Gasteiger partial charge in [0.2, 0.25) is 0 Å². The molecule has 146 valence electrons. The Balaban J connectivity index is 1.41. The average molecular weight is 380 g/mol. The maximum absolute atomic E-state index is 12.3. The van der Waals surface area contributed by atoms with E-state index in [0.717, 1.165) is 11.1 Å². The molecule has 2 aromatic carbocycles. The summed E-state index contributed by atoms with van der Waals surface area (Å²) in [4.78, 5) is 24.0. The Morgan fingerprint density at radius 2 is 1.61 bits per heavy atom. The summed E-state index contributed by atoms with van der Waals surface area (Å²) in [6.07, 6.45) is 0.416. The van der Waals surface area contributed by atoms with E-state index in [4.69, 9.17) is 4.74 Å². The smallest absolute Gasteiger partial charge is 0.407 e. The normalized spacial score (nSPS) is 17.4. The van der Waals surface area contributed by atoms with Crippen LogP contribution in [0.25, 0.3) is 11.1 Å². The standard InChI is InChI=1S/C22H24N2O4/c25-20(26)22(9-11-23-12-10-22)14-24-21(27)28-13-19-17-7-3-1-5-15(17)16-6-2-4-8-18(16)19/h1-8,19,23H,9-14H2,(H,24,27)(H,25,26). The van der Waals surface area contributed by atoms with Crippen LogP contribution in [0.5, 0.6) is 0 Å². The second-order valence-corrected chi connectivity index (χ2v) is 7.51. The van der Waals surface area contributed by atoms with Crippen LogP contribution < -0.4 is 10.6 Å². The Morgan fingerprint density at radius 1 is 1.04 bits per heavy atom. The van der Waals surface area contributed by atoms with Gasteiger partial charge >= 0.3 is 12.1 Å². The highest BCUT2D eigenvalue weighted by Crippen LogP contribution is 2.44. The number of hydrogen-bond donors (Lipinski definition) is 3. The number of hydrogen-bond acceptors (Lipinski definition) is 4. The highest BCUT2D eigenvalue weighted by molar-refractivity contribution is 5.79. The zero-order chi connectivity index (χ0) is 19.6. The summed E-state index contributed by atoms with van der Waals surface area (Å²) in [5, 5.41) is 15.4. The molecule has 4 rings (SSSR count). The van der Waals surface area contributed by atoms with Gasteiger partial charge in [0.05, 0.1) is 5.41 Å². The van der Waals surface area contributed by atoms with Crippen LogP contribution in [0.3, 0.4) is 0 Å². The Bertz CT molecular complexity index is 844. The van der Waals surface area contributed by atoms with Crippen LogP contribution in [0, 0.1) is 5.41 Å². The number of rotatable bonds is 5. The van der Waals surface area contributed by atoms with Gasteiger partial charge in [0.15, 0.2) is 0 Å². The van der Waals surface area contributed by atoms with Crippen molar-refractivity contribution in [2.24, 2.45) is 5.41 Å². The third kappa shape index (κ3) is 3.36. The first kappa shape index (κ1) is 18.5. The first-order valence-corrected chi connectivity index (χ1v) is 9.64. The van der Waals surface area contributed by atoms with Crippen LogP contribution >= 0.6 is 0 Å². The Morgan fingerprint density at radius 3 is 2.18 bits per heavy atom. The Labute approximate surface area is 163 Å². The molecule has 1 amide bonds. The van der Waals surface area contributed by atoms with Crippen LogP contribution in [0.15, 0.2) is 48.5 Å². The van der Waals surface area contributed by atoms with Gasteiger partial charge in [-0.15, -0.1) is 0 Å². The molecule has 0 atom stereocenters. The number of nitrogens with one attached hydrogen (secondary N) is 2. The van der Waals surface area contributed by atoms with Crippen LogP contribution in [0.1, 0.15) is 29.9 Å². The molecule has 1 fully saturated rings. The number of alkyl carbamates (subject to hydrolysis) is 1. The van der Waals surface area contributed by atoms with Gasteiger partial charge in [0, 0.05) is 12.5 Å². The summed E-state index contributed by atoms with van der Waals surface area (Å²) in [6, 6.07) is 16.3. The van der Waals surface area contributed by atoms with Crippen molar-refractivity contribution in [1.82, 2.24) is 10.6 Å². The molecular weight excluding hydrogens is 356 g/mol. The van der Waals surface area contributed by atoms with E-state index in [1.54, 1.807) is 0 Å². The fourth-order valence-electron chi connectivity index (χ4n) is 4.26. The van der Waals surface area contributed by atoms with E-state index in [0.29, 0.717) is 25.9 Å². The number of carboxylic acid groups (broad SMARTS) is 1. The summed E-state index contributed by atoms with van der Waals surface area (Å²) in [5.41, 5.74) is 3.73. The molecule has 2 aromatic rings. The second-order valence-electron chi connectivity index (χ2n) is 7.51. The van der Waals surface area contributed by atoms with Gasteiger partial charge in [-0.1, -0.05) is 48.5 Å². The van der Waals surface area contributed by atoms with Gasteiger partial charge in [-0.2, -0.15) is 0 Å². The quantitative estimate of drug-likeness (QED) is 0.742. The Kier molecular flexibility index (Phi) is 5.05. The lowest BCUT2D eigenvalue weighted by atomic mass is 9.79. The lowest BCUT2D eigenvalue weighted by Crippen LogP contribution is -2.49. The maximum atomic E-state index is 12.3. The maximum Gasteiger partial charge on any atom is 0.407 e. The number of carboxylic acids is 1. The summed E-state index contributed by atoms with van der Waals surface area (Å²) in [5.74, 6) is -0.876. The van der Waals surface area contributed by atoms with Crippen molar-refractivity contribution in [3.05, 3.63) is 59.7 Å². The van der Waals surface area contributed by atoms with E-state index in [1.807, 2.05) is 24.3 Å². The minimum absolute atomic E-state index is 0.00883. The summed E-state index contributed by atoms with van der Waals surface area (Å²) in [7, 11) is 0.